The Morgan fingerprint density at radius 3 is 2.65 bits per heavy atom. The highest BCUT2D eigenvalue weighted by Gasteiger charge is 2.06. The Morgan fingerprint density at radius 2 is 1.85 bits per heavy atom. The first kappa shape index (κ1) is 12.9. The van der Waals surface area contributed by atoms with E-state index in [1.807, 2.05) is 48.5 Å². The van der Waals surface area contributed by atoms with Gasteiger partial charge in [0.1, 0.15) is 0 Å². The lowest BCUT2D eigenvalue weighted by atomic mass is 10.1. The van der Waals surface area contributed by atoms with Gasteiger partial charge in [-0.25, -0.2) is 0 Å². The SMILES string of the molecule is Nc1ccc(Cn2c(=O)ccc3ccccc32)c(Br)c1. The molecule has 2 N–H and O–H groups in total. The fourth-order valence-electron chi connectivity index (χ4n) is 2.27. The smallest absolute Gasteiger partial charge is 0.251 e. The van der Waals surface area contributed by atoms with Gasteiger partial charge in [0.25, 0.3) is 5.56 Å². The molecule has 0 fully saturated rings. The highest BCUT2D eigenvalue weighted by molar-refractivity contribution is 9.10. The quantitative estimate of drug-likeness (QED) is 0.733. The molecule has 0 aliphatic heterocycles. The summed E-state index contributed by atoms with van der Waals surface area (Å²) in [4.78, 5) is 12.1. The number of hydrogen-bond acceptors (Lipinski definition) is 2. The predicted octanol–water partition coefficient (Wildman–Crippen LogP) is 3.39. The first-order valence-corrected chi connectivity index (χ1v) is 7.07. The molecule has 3 rings (SSSR count). The average Bonchev–Trinajstić information content (AvgIpc) is 2.44. The van der Waals surface area contributed by atoms with E-state index in [0.717, 1.165) is 20.9 Å². The van der Waals surface area contributed by atoms with E-state index in [0.29, 0.717) is 12.2 Å². The summed E-state index contributed by atoms with van der Waals surface area (Å²) in [7, 11) is 0. The molecule has 0 atom stereocenters. The predicted molar refractivity (Wildman–Crippen MR) is 85.9 cm³/mol. The Balaban J connectivity index is 2.15. The molecule has 0 saturated heterocycles. The minimum absolute atomic E-state index is 0.00701. The van der Waals surface area contributed by atoms with Crippen molar-refractivity contribution in [3.8, 4) is 0 Å². The Labute approximate surface area is 124 Å². The zero-order valence-electron chi connectivity index (χ0n) is 10.7. The first-order chi connectivity index (χ1) is 9.65. The van der Waals surface area contributed by atoms with Crippen LogP contribution in [0.4, 0.5) is 5.69 Å². The molecule has 20 heavy (non-hydrogen) atoms. The zero-order chi connectivity index (χ0) is 14.1. The molecule has 3 nitrogen and oxygen atoms in total. The number of nitrogen functional groups attached to an aromatic ring is 1. The van der Waals surface area contributed by atoms with Crippen LogP contribution >= 0.6 is 15.9 Å². The Kier molecular flexibility index (Phi) is 3.32. The van der Waals surface area contributed by atoms with E-state index in [1.165, 1.54) is 0 Å². The van der Waals surface area contributed by atoms with E-state index in [4.69, 9.17) is 5.73 Å². The van der Waals surface area contributed by atoms with Crippen molar-refractivity contribution >= 4 is 32.5 Å². The molecule has 0 amide bonds. The number of aromatic nitrogens is 1. The second kappa shape index (κ2) is 5.13. The van der Waals surface area contributed by atoms with E-state index in [1.54, 1.807) is 10.6 Å². The van der Waals surface area contributed by atoms with Crippen molar-refractivity contribution in [2.45, 2.75) is 6.54 Å². The van der Waals surface area contributed by atoms with Crippen molar-refractivity contribution in [3.05, 3.63) is 75.0 Å². The molecule has 0 bridgehead atoms. The number of benzene rings is 2. The molecule has 2 aromatic carbocycles. The third-order valence-corrected chi connectivity index (χ3v) is 4.04. The van der Waals surface area contributed by atoms with Crippen LogP contribution in [0, 0.1) is 0 Å². The van der Waals surface area contributed by atoms with Crippen molar-refractivity contribution in [3.63, 3.8) is 0 Å². The molecular formula is C16H13BrN2O. The van der Waals surface area contributed by atoms with E-state index in [2.05, 4.69) is 15.9 Å². The van der Waals surface area contributed by atoms with Gasteiger partial charge in [-0.1, -0.05) is 40.2 Å². The van der Waals surface area contributed by atoms with Crippen LogP contribution in [-0.4, -0.2) is 4.57 Å². The number of rotatable bonds is 2. The van der Waals surface area contributed by atoms with Gasteiger partial charge in [-0.2, -0.15) is 0 Å². The third kappa shape index (κ3) is 2.34. The third-order valence-electron chi connectivity index (χ3n) is 3.30. The van der Waals surface area contributed by atoms with Gasteiger partial charge in [0.15, 0.2) is 0 Å². The van der Waals surface area contributed by atoms with Crippen LogP contribution < -0.4 is 11.3 Å². The van der Waals surface area contributed by atoms with Gasteiger partial charge >= 0.3 is 0 Å². The van der Waals surface area contributed by atoms with Gasteiger partial charge in [-0.3, -0.25) is 4.79 Å². The average molecular weight is 329 g/mol. The van der Waals surface area contributed by atoms with Crippen LogP contribution in [0.5, 0.6) is 0 Å². The number of para-hydroxylation sites is 1. The summed E-state index contributed by atoms with van der Waals surface area (Å²) in [5.74, 6) is 0. The molecule has 1 heterocycles. The molecule has 0 spiro atoms. The van der Waals surface area contributed by atoms with Crippen LogP contribution in [0.1, 0.15) is 5.56 Å². The first-order valence-electron chi connectivity index (χ1n) is 6.27. The van der Waals surface area contributed by atoms with Gasteiger partial charge in [0.2, 0.25) is 0 Å². The van der Waals surface area contributed by atoms with Crippen molar-refractivity contribution in [1.29, 1.82) is 0 Å². The number of fused-ring (bicyclic) bond motifs is 1. The van der Waals surface area contributed by atoms with Crippen molar-refractivity contribution < 1.29 is 0 Å². The lowest BCUT2D eigenvalue weighted by Crippen LogP contribution is -2.20. The fourth-order valence-corrected chi connectivity index (χ4v) is 2.79. The molecule has 0 unspecified atom stereocenters. The van der Waals surface area contributed by atoms with E-state index in [9.17, 15) is 4.79 Å². The lowest BCUT2D eigenvalue weighted by molar-refractivity contribution is 0.792. The molecule has 4 heteroatoms. The van der Waals surface area contributed by atoms with Gasteiger partial charge in [-0.15, -0.1) is 0 Å². The topological polar surface area (TPSA) is 48.0 Å². The second-order valence-corrected chi connectivity index (χ2v) is 5.52. The Morgan fingerprint density at radius 1 is 1.05 bits per heavy atom. The number of nitrogens with two attached hydrogens (primary N) is 1. The van der Waals surface area contributed by atoms with Crippen LogP contribution in [0.15, 0.2) is 63.9 Å². The minimum atomic E-state index is -0.00701. The Bertz CT molecular complexity index is 839. The normalized spacial score (nSPS) is 10.8. The molecule has 0 aliphatic carbocycles. The van der Waals surface area contributed by atoms with Crippen LogP contribution in [-0.2, 0) is 6.54 Å². The van der Waals surface area contributed by atoms with E-state index >= 15 is 0 Å². The van der Waals surface area contributed by atoms with Gasteiger partial charge in [-0.05, 0) is 35.2 Å². The van der Waals surface area contributed by atoms with E-state index < -0.39 is 0 Å². The van der Waals surface area contributed by atoms with Crippen LogP contribution in [0.2, 0.25) is 0 Å². The van der Waals surface area contributed by atoms with Crippen molar-refractivity contribution in [2.24, 2.45) is 0 Å². The second-order valence-electron chi connectivity index (χ2n) is 4.67. The summed E-state index contributed by atoms with van der Waals surface area (Å²) >= 11 is 3.50. The molecule has 3 aromatic rings. The Hall–Kier alpha value is -2.07. The molecule has 0 aliphatic rings. The minimum Gasteiger partial charge on any atom is -0.399 e. The summed E-state index contributed by atoms with van der Waals surface area (Å²) in [6.07, 6.45) is 0. The standard InChI is InChI=1S/C16H13BrN2O/c17-14-9-13(18)7-5-12(14)10-19-15-4-2-1-3-11(15)6-8-16(19)20/h1-9H,10,18H2. The number of nitrogens with zero attached hydrogens (tertiary/aromatic N) is 1. The molecule has 0 saturated carbocycles. The maximum Gasteiger partial charge on any atom is 0.251 e. The van der Waals surface area contributed by atoms with Gasteiger partial charge in [0, 0.05) is 16.2 Å². The highest BCUT2D eigenvalue weighted by atomic mass is 79.9. The largest absolute Gasteiger partial charge is 0.399 e. The molecule has 0 radical (unpaired) electrons. The van der Waals surface area contributed by atoms with Crippen molar-refractivity contribution in [2.75, 3.05) is 5.73 Å². The number of pyridine rings is 1. The van der Waals surface area contributed by atoms with Crippen molar-refractivity contribution in [1.82, 2.24) is 4.57 Å². The summed E-state index contributed by atoms with van der Waals surface area (Å²) in [6, 6.07) is 17.0. The number of halogens is 1. The summed E-state index contributed by atoms with van der Waals surface area (Å²) < 4.78 is 2.68. The van der Waals surface area contributed by atoms with Gasteiger partial charge < -0.3 is 10.3 Å². The maximum atomic E-state index is 12.1. The maximum absolute atomic E-state index is 12.1. The number of anilines is 1. The fraction of sp³-hybridized carbons (Fsp3) is 0.0625. The van der Waals surface area contributed by atoms with Crippen LogP contribution in [0.25, 0.3) is 10.9 Å². The molecule has 1 aromatic heterocycles. The molecule has 100 valence electrons. The lowest BCUT2D eigenvalue weighted by Gasteiger charge is -2.11. The van der Waals surface area contributed by atoms with E-state index in [-0.39, 0.29) is 5.56 Å². The zero-order valence-corrected chi connectivity index (χ0v) is 12.3. The summed E-state index contributed by atoms with van der Waals surface area (Å²) in [6.45, 7) is 0.515. The highest BCUT2D eigenvalue weighted by Crippen LogP contribution is 2.21. The van der Waals surface area contributed by atoms with Crippen LogP contribution in [0.3, 0.4) is 0 Å². The monoisotopic (exact) mass is 328 g/mol. The summed E-state index contributed by atoms with van der Waals surface area (Å²) in [5.41, 5.74) is 8.40. The molecular weight excluding hydrogens is 316 g/mol. The number of hydrogen-bond donors (Lipinski definition) is 1. The van der Waals surface area contributed by atoms with Gasteiger partial charge in [0.05, 0.1) is 12.1 Å². The summed E-state index contributed by atoms with van der Waals surface area (Å²) in [5, 5.41) is 1.05.